The summed E-state index contributed by atoms with van der Waals surface area (Å²) in [6.07, 6.45) is -2.50. The summed E-state index contributed by atoms with van der Waals surface area (Å²) in [7, 11) is 7.29. The molecule has 1 aliphatic rings. The third kappa shape index (κ3) is 2.49. The van der Waals surface area contributed by atoms with E-state index >= 15 is 0 Å². The van der Waals surface area contributed by atoms with Crippen LogP contribution in [0, 0.1) is 0 Å². The number of likely N-dealkylation sites (N-methyl/N-ethyl adjacent to an activating group) is 1. The van der Waals surface area contributed by atoms with Crippen LogP contribution in [0.2, 0.25) is 0 Å². The smallest absolute Gasteiger partial charge is 0.189 e. The maximum Gasteiger partial charge on any atom is 0.189 e. The molecule has 1 rings (SSSR count). The van der Waals surface area contributed by atoms with E-state index in [1.54, 1.807) is 6.92 Å². The first-order chi connectivity index (χ1) is 6.79. The highest BCUT2D eigenvalue weighted by molar-refractivity contribution is 4.88. The van der Waals surface area contributed by atoms with Gasteiger partial charge in [-0.1, -0.05) is 0 Å². The fourth-order valence-corrected chi connectivity index (χ4v) is 2.12. The third-order valence-electron chi connectivity index (χ3n) is 2.94. The maximum atomic E-state index is 10.0. The fraction of sp³-hybridized carbons (Fsp3) is 1.00. The van der Waals surface area contributed by atoms with E-state index in [0.717, 1.165) is 0 Å². The zero-order valence-corrected chi connectivity index (χ0v) is 10.0. The number of methoxy groups -OCH3 is 1. The van der Waals surface area contributed by atoms with E-state index in [4.69, 9.17) is 9.47 Å². The van der Waals surface area contributed by atoms with Crippen LogP contribution in [-0.2, 0) is 9.47 Å². The zero-order chi connectivity index (χ0) is 11.8. The average Bonchev–Trinajstić information content (AvgIpc) is 2.09. The van der Waals surface area contributed by atoms with Crippen LogP contribution < -0.4 is 0 Å². The van der Waals surface area contributed by atoms with Crippen LogP contribution in [0.5, 0.6) is 0 Å². The quantitative estimate of drug-likeness (QED) is 0.597. The molecule has 0 aromatic rings. The van der Waals surface area contributed by atoms with Gasteiger partial charge in [0.25, 0.3) is 0 Å². The summed E-state index contributed by atoms with van der Waals surface area (Å²) in [5, 5.41) is 20.0. The van der Waals surface area contributed by atoms with Crippen molar-refractivity contribution in [3.05, 3.63) is 0 Å². The Hall–Kier alpha value is -0.200. The van der Waals surface area contributed by atoms with Crippen molar-refractivity contribution in [1.29, 1.82) is 0 Å². The number of hydrogen-bond donors (Lipinski definition) is 2. The molecule has 5 nitrogen and oxygen atoms in total. The van der Waals surface area contributed by atoms with Gasteiger partial charge >= 0.3 is 0 Å². The lowest BCUT2D eigenvalue weighted by atomic mass is 9.94. The molecule has 15 heavy (non-hydrogen) atoms. The van der Waals surface area contributed by atoms with E-state index in [9.17, 15) is 10.2 Å². The summed E-state index contributed by atoms with van der Waals surface area (Å²) in [4.78, 5) is 0. The fourth-order valence-electron chi connectivity index (χ4n) is 2.12. The molecule has 0 aromatic heterocycles. The Labute approximate surface area is 90.8 Å². The molecular formula is C10H22NO4+. The maximum absolute atomic E-state index is 10.0. The van der Waals surface area contributed by atoms with E-state index in [1.807, 2.05) is 21.1 Å². The number of rotatable bonds is 2. The number of quaternary nitrogens is 1. The highest BCUT2D eigenvalue weighted by Crippen LogP contribution is 2.26. The minimum absolute atomic E-state index is 0.307. The molecule has 2 N–H and O–H groups in total. The Morgan fingerprint density at radius 2 is 1.67 bits per heavy atom. The Morgan fingerprint density at radius 3 is 2.07 bits per heavy atom. The Balaban J connectivity index is 2.90. The molecule has 0 radical (unpaired) electrons. The van der Waals surface area contributed by atoms with Crippen molar-refractivity contribution in [2.75, 3.05) is 28.3 Å². The largest absolute Gasteiger partial charge is 0.384 e. The van der Waals surface area contributed by atoms with Gasteiger partial charge in [0.05, 0.1) is 27.2 Å². The molecule has 1 saturated heterocycles. The summed E-state index contributed by atoms with van der Waals surface area (Å²) < 4.78 is 10.9. The summed E-state index contributed by atoms with van der Waals surface area (Å²) in [5.41, 5.74) is 0. The number of ether oxygens (including phenoxy) is 2. The Bertz CT molecular complexity index is 216. The summed E-state index contributed by atoms with van der Waals surface area (Å²) in [5.74, 6) is 0. The Morgan fingerprint density at radius 1 is 1.13 bits per heavy atom. The van der Waals surface area contributed by atoms with Gasteiger partial charge in [-0.05, 0) is 6.92 Å². The molecule has 0 amide bonds. The van der Waals surface area contributed by atoms with Crippen molar-refractivity contribution < 1.29 is 24.2 Å². The summed E-state index contributed by atoms with van der Waals surface area (Å²) in [6, 6.07) is -0.307. The molecule has 1 fully saturated rings. The van der Waals surface area contributed by atoms with Gasteiger partial charge < -0.3 is 24.2 Å². The van der Waals surface area contributed by atoms with E-state index < -0.39 is 18.5 Å². The van der Waals surface area contributed by atoms with Crippen molar-refractivity contribution in [3.63, 3.8) is 0 Å². The topological polar surface area (TPSA) is 58.9 Å². The molecule has 0 bridgehead atoms. The van der Waals surface area contributed by atoms with Gasteiger partial charge in [-0.25, -0.2) is 0 Å². The molecular weight excluding hydrogens is 198 g/mol. The second kappa shape index (κ2) is 4.35. The lowest BCUT2D eigenvalue weighted by Crippen LogP contribution is -2.67. The van der Waals surface area contributed by atoms with E-state index in [0.29, 0.717) is 4.48 Å². The normalized spacial score (nSPS) is 43.0. The summed E-state index contributed by atoms with van der Waals surface area (Å²) >= 11 is 0. The average molecular weight is 220 g/mol. The first kappa shape index (κ1) is 12.9. The van der Waals surface area contributed by atoms with E-state index in [2.05, 4.69) is 0 Å². The van der Waals surface area contributed by atoms with Crippen LogP contribution in [0.4, 0.5) is 0 Å². The third-order valence-corrected chi connectivity index (χ3v) is 2.94. The molecule has 5 atom stereocenters. The predicted molar refractivity (Wildman–Crippen MR) is 55.2 cm³/mol. The van der Waals surface area contributed by atoms with Crippen LogP contribution in [0.25, 0.3) is 0 Å². The van der Waals surface area contributed by atoms with Crippen LogP contribution >= 0.6 is 0 Å². The highest BCUT2D eigenvalue weighted by atomic mass is 16.7. The Kier molecular flexibility index (Phi) is 3.73. The summed E-state index contributed by atoms with van der Waals surface area (Å²) in [6.45, 7) is 1.78. The van der Waals surface area contributed by atoms with Gasteiger partial charge in [0, 0.05) is 7.11 Å². The molecule has 1 aliphatic heterocycles. The van der Waals surface area contributed by atoms with Crippen LogP contribution in [0.3, 0.4) is 0 Å². The molecule has 0 aromatic carbocycles. The number of nitrogens with zero attached hydrogens (tertiary/aromatic N) is 1. The first-order valence-corrected chi connectivity index (χ1v) is 5.14. The number of hydrogen-bond acceptors (Lipinski definition) is 4. The molecule has 5 heteroatoms. The van der Waals surface area contributed by atoms with E-state index in [1.165, 1.54) is 7.11 Å². The zero-order valence-electron chi connectivity index (χ0n) is 10.0. The lowest BCUT2D eigenvalue weighted by molar-refractivity contribution is -0.907. The van der Waals surface area contributed by atoms with Crippen LogP contribution in [0.1, 0.15) is 6.92 Å². The minimum Gasteiger partial charge on any atom is -0.384 e. The van der Waals surface area contributed by atoms with Crippen molar-refractivity contribution >= 4 is 0 Å². The van der Waals surface area contributed by atoms with Gasteiger partial charge in [0.15, 0.2) is 12.4 Å². The van der Waals surface area contributed by atoms with Crippen molar-refractivity contribution in [2.45, 2.75) is 37.6 Å². The second-order valence-corrected chi connectivity index (χ2v) is 5.03. The van der Waals surface area contributed by atoms with Crippen molar-refractivity contribution in [2.24, 2.45) is 0 Å². The SMILES string of the molecule is COC1OC(C)[C@@H](O)C([N+](C)(C)C)C1O. The van der Waals surface area contributed by atoms with Gasteiger partial charge in [-0.2, -0.15) is 0 Å². The molecule has 0 saturated carbocycles. The van der Waals surface area contributed by atoms with Crippen LogP contribution in [-0.4, -0.2) is 73.6 Å². The van der Waals surface area contributed by atoms with Gasteiger partial charge in [-0.15, -0.1) is 0 Å². The standard InChI is InChI=1S/C10H22NO4/c1-6-8(12)7(11(2,3)4)9(13)10(14-5)15-6/h6-10,12-13H,1-5H3/q+1/t6?,7?,8-,9?,10?/m1/s1. The minimum atomic E-state index is -0.818. The molecule has 0 spiro atoms. The molecule has 4 unspecified atom stereocenters. The van der Waals surface area contributed by atoms with E-state index in [-0.39, 0.29) is 12.1 Å². The lowest BCUT2D eigenvalue weighted by Gasteiger charge is -2.46. The van der Waals surface area contributed by atoms with Crippen molar-refractivity contribution in [3.8, 4) is 0 Å². The highest BCUT2D eigenvalue weighted by Gasteiger charge is 2.49. The van der Waals surface area contributed by atoms with Gasteiger partial charge in [0.1, 0.15) is 12.1 Å². The first-order valence-electron chi connectivity index (χ1n) is 5.14. The number of aliphatic hydroxyl groups is 2. The molecule has 90 valence electrons. The van der Waals surface area contributed by atoms with Gasteiger partial charge in [0.2, 0.25) is 0 Å². The molecule has 0 aliphatic carbocycles. The second-order valence-electron chi connectivity index (χ2n) is 5.03. The number of aliphatic hydroxyl groups excluding tert-OH is 2. The van der Waals surface area contributed by atoms with Crippen molar-refractivity contribution in [1.82, 2.24) is 0 Å². The van der Waals surface area contributed by atoms with Gasteiger partial charge in [-0.3, -0.25) is 0 Å². The van der Waals surface area contributed by atoms with Crippen LogP contribution in [0.15, 0.2) is 0 Å². The predicted octanol–water partition coefficient (Wildman–Crippen LogP) is -0.826. The monoisotopic (exact) mass is 220 g/mol. The molecule has 1 heterocycles.